The minimum absolute atomic E-state index is 0.112. The summed E-state index contributed by atoms with van der Waals surface area (Å²) in [7, 11) is 0. The van der Waals surface area contributed by atoms with Gasteiger partial charge in [0.1, 0.15) is 11.5 Å². The van der Waals surface area contributed by atoms with E-state index >= 15 is 0 Å². The first-order valence-corrected chi connectivity index (χ1v) is 8.54. The molecule has 0 saturated carbocycles. The molecule has 0 amide bonds. The van der Waals surface area contributed by atoms with Gasteiger partial charge in [0, 0.05) is 24.5 Å². The van der Waals surface area contributed by atoms with Crippen molar-refractivity contribution in [2.75, 3.05) is 0 Å². The first-order valence-electron chi connectivity index (χ1n) is 8.54. The summed E-state index contributed by atoms with van der Waals surface area (Å²) in [6.45, 7) is 0.593. The second-order valence-corrected chi connectivity index (χ2v) is 6.23. The van der Waals surface area contributed by atoms with Gasteiger partial charge in [0.25, 0.3) is 0 Å². The van der Waals surface area contributed by atoms with Gasteiger partial charge in [-0.3, -0.25) is 10.8 Å². The molecule has 2 heterocycles. The highest BCUT2D eigenvalue weighted by Crippen LogP contribution is 2.28. The minimum atomic E-state index is -4.72. The van der Waals surface area contributed by atoms with Gasteiger partial charge in [0.2, 0.25) is 0 Å². The molecule has 10 heteroatoms. The summed E-state index contributed by atoms with van der Waals surface area (Å²) >= 11 is 0. The Morgan fingerprint density at radius 3 is 2.45 bits per heavy atom. The van der Waals surface area contributed by atoms with E-state index in [0.29, 0.717) is 24.4 Å². The molecule has 0 aliphatic rings. The summed E-state index contributed by atoms with van der Waals surface area (Å²) in [6, 6.07) is 8.97. The fourth-order valence-electron chi connectivity index (χ4n) is 2.72. The van der Waals surface area contributed by atoms with Crippen LogP contribution in [0.25, 0.3) is 17.1 Å². The van der Waals surface area contributed by atoms with Gasteiger partial charge in [0.05, 0.1) is 17.7 Å². The van der Waals surface area contributed by atoms with Gasteiger partial charge in [0.15, 0.2) is 5.70 Å². The van der Waals surface area contributed by atoms with E-state index in [4.69, 9.17) is 11.6 Å². The number of pyridine rings is 1. The van der Waals surface area contributed by atoms with Crippen LogP contribution in [0.5, 0.6) is 0 Å². The molecule has 0 atom stereocenters. The number of hydrogen-bond donors (Lipinski definition) is 3. The average molecular weight is 406 g/mol. The van der Waals surface area contributed by atoms with E-state index in [-0.39, 0.29) is 11.4 Å². The van der Waals surface area contributed by atoms with Crippen LogP contribution in [0, 0.1) is 5.82 Å². The smallest absolute Gasteiger partial charge is 0.397 e. The number of benzene rings is 1. The van der Waals surface area contributed by atoms with E-state index in [1.807, 2.05) is 4.57 Å². The van der Waals surface area contributed by atoms with E-state index in [2.05, 4.69) is 9.97 Å². The van der Waals surface area contributed by atoms with Crippen LogP contribution in [0.4, 0.5) is 17.6 Å². The molecule has 3 rings (SSSR count). The SMILES string of the molecule is NN/C(=C(\N)c1ccnc(-c2cn(CCc3ccc(F)cc3)cn2)c1)C(F)(F)F. The monoisotopic (exact) mass is 406 g/mol. The molecule has 0 unspecified atom stereocenters. The number of allylic oxidation sites excluding steroid dienone is 1. The summed E-state index contributed by atoms with van der Waals surface area (Å²) in [6.07, 6.45) is 0.608. The van der Waals surface area contributed by atoms with Crippen molar-refractivity contribution < 1.29 is 17.6 Å². The second kappa shape index (κ2) is 8.31. The fraction of sp³-hybridized carbons (Fsp3) is 0.158. The molecule has 2 aromatic heterocycles. The van der Waals surface area contributed by atoms with E-state index in [1.54, 1.807) is 30.1 Å². The maximum Gasteiger partial charge on any atom is 0.434 e. The zero-order chi connectivity index (χ0) is 21.0. The fourth-order valence-corrected chi connectivity index (χ4v) is 2.72. The third-order valence-electron chi connectivity index (χ3n) is 4.24. The molecule has 152 valence electrons. The Bertz CT molecular complexity index is 1010. The maximum absolute atomic E-state index is 13.0. The molecular formula is C19H18F4N6. The predicted octanol–water partition coefficient (Wildman–Crippen LogP) is 2.98. The Kier molecular flexibility index (Phi) is 5.83. The van der Waals surface area contributed by atoms with E-state index in [9.17, 15) is 17.6 Å². The molecule has 29 heavy (non-hydrogen) atoms. The van der Waals surface area contributed by atoms with Crippen LogP contribution < -0.4 is 17.0 Å². The third kappa shape index (κ3) is 4.91. The predicted molar refractivity (Wildman–Crippen MR) is 100 cm³/mol. The first kappa shape index (κ1) is 20.3. The topological polar surface area (TPSA) is 94.8 Å². The number of nitrogens with two attached hydrogens (primary N) is 2. The second-order valence-electron chi connectivity index (χ2n) is 6.23. The Morgan fingerprint density at radius 1 is 1.07 bits per heavy atom. The van der Waals surface area contributed by atoms with Gasteiger partial charge < -0.3 is 15.7 Å². The first-order chi connectivity index (χ1) is 13.8. The zero-order valence-electron chi connectivity index (χ0n) is 15.1. The Labute approximate surface area is 163 Å². The highest BCUT2D eigenvalue weighted by Gasteiger charge is 2.36. The number of nitrogens with zero attached hydrogens (tertiary/aromatic N) is 3. The summed E-state index contributed by atoms with van der Waals surface area (Å²) in [5.74, 6) is 4.68. The molecule has 1 aromatic carbocycles. The lowest BCUT2D eigenvalue weighted by molar-refractivity contribution is -0.0961. The van der Waals surface area contributed by atoms with Crippen molar-refractivity contribution in [2.45, 2.75) is 19.1 Å². The molecule has 0 fully saturated rings. The molecule has 0 saturated heterocycles. The zero-order valence-corrected chi connectivity index (χ0v) is 15.1. The Balaban J connectivity index is 1.79. The number of hydrogen-bond acceptors (Lipinski definition) is 5. The lowest BCUT2D eigenvalue weighted by Gasteiger charge is -2.14. The molecule has 0 aliphatic carbocycles. The van der Waals surface area contributed by atoms with Crippen LogP contribution in [-0.4, -0.2) is 20.7 Å². The number of rotatable bonds is 6. The Hall–Kier alpha value is -3.40. The summed E-state index contributed by atoms with van der Waals surface area (Å²) in [5, 5.41) is 0. The van der Waals surface area contributed by atoms with Crippen molar-refractivity contribution in [3.63, 3.8) is 0 Å². The number of imidazole rings is 1. The largest absolute Gasteiger partial charge is 0.434 e. The van der Waals surface area contributed by atoms with Crippen LogP contribution in [0.2, 0.25) is 0 Å². The van der Waals surface area contributed by atoms with Crippen molar-refractivity contribution in [3.05, 3.63) is 77.8 Å². The number of hydrazine groups is 1. The molecule has 3 aromatic rings. The number of aryl methyl sites for hydroxylation is 2. The Morgan fingerprint density at radius 2 is 1.79 bits per heavy atom. The lowest BCUT2D eigenvalue weighted by Crippen LogP contribution is -2.34. The quantitative estimate of drug-likeness (QED) is 0.332. The van der Waals surface area contributed by atoms with Crippen LogP contribution >= 0.6 is 0 Å². The molecular weight excluding hydrogens is 388 g/mol. The van der Waals surface area contributed by atoms with E-state index in [1.165, 1.54) is 30.5 Å². The number of nitrogens with one attached hydrogen (secondary N) is 1. The van der Waals surface area contributed by atoms with Crippen LogP contribution in [0.15, 0.2) is 60.8 Å². The standard InChI is InChI=1S/C19H18F4N6/c20-14-3-1-12(2-4-14)6-8-29-10-16(27-11-29)15-9-13(5-7-26-15)17(24)18(28-25)19(21,22)23/h1-5,7,9-11,28H,6,8,24-25H2/b18-17-. The van der Waals surface area contributed by atoms with Gasteiger partial charge >= 0.3 is 6.18 Å². The molecule has 0 spiro atoms. The van der Waals surface area contributed by atoms with Gasteiger partial charge in [-0.2, -0.15) is 13.2 Å². The van der Waals surface area contributed by atoms with Gasteiger partial charge in [-0.15, -0.1) is 0 Å². The van der Waals surface area contributed by atoms with Crippen molar-refractivity contribution in [1.29, 1.82) is 0 Å². The third-order valence-corrected chi connectivity index (χ3v) is 4.24. The van der Waals surface area contributed by atoms with Crippen molar-refractivity contribution in [2.24, 2.45) is 11.6 Å². The van der Waals surface area contributed by atoms with E-state index in [0.717, 1.165) is 5.56 Å². The van der Waals surface area contributed by atoms with Crippen molar-refractivity contribution >= 4 is 5.70 Å². The van der Waals surface area contributed by atoms with Crippen molar-refractivity contribution in [3.8, 4) is 11.4 Å². The highest BCUT2D eigenvalue weighted by molar-refractivity contribution is 5.69. The van der Waals surface area contributed by atoms with Crippen LogP contribution in [-0.2, 0) is 13.0 Å². The lowest BCUT2D eigenvalue weighted by atomic mass is 10.1. The van der Waals surface area contributed by atoms with Crippen LogP contribution in [0.3, 0.4) is 0 Å². The number of aromatic nitrogens is 3. The summed E-state index contributed by atoms with van der Waals surface area (Å²) < 4.78 is 53.8. The molecule has 6 nitrogen and oxygen atoms in total. The van der Waals surface area contributed by atoms with Gasteiger partial charge in [-0.1, -0.05) is 12.1 Å². The molecule has 0 aliphatic heterocycles. The number of halogens is 4. The summed E-state index contributed by atoms with van der Waals surface area (Å²) in [4.78, 5) is 8.40. The maximum atomic E-state index is 13.0. The molecule has 0 bridgehead atoms. The minimum Gasteiger partial charge on any atom is -0.397 e. The van der Waals surface area contributed by atoms with E-state index < -0.39 is 17.6 Å². The average Bonchev–Trinajstić information content (AvgIpc) is 3.16. The molecule has 5 N–H and O–H groups in total. The number of alkyl halides is 3. The van der Waals surface area contributed by atoms with Gasteiger partial charge in [-0.25, -0.2) is 9.37 Å². The molecule has 0 radical (unpaired) electrons. The van der Waals surface area contributed by atoms with Crippen molar-refractivity contribution in [1.82, 2.24) is 20.0 Å². The van der Waals surface area contributed by atoms with Gasteiger partial charge in [-0.05, 0) is 36.2 Å². The highest BCUT2D eigenvalue weighted by atomic mass is 19.4. The summed E-state index contributed by atoms with van der Waals surface area (Å²) in [5.41, 5.74) is 7.40. The normalized spacial score (nSPS) is 12.6. The van der Waals surface area contributed by atoms with Crippen LogP contribution in [0.1, 0.15) is 11.1 Å².